The van der Waals surface area contributed by atoms with Crippen LogP contribution in [0.3, 0.4) is 0 Å². The Morgan fingerprint density at radius 3 is 2.78 bits per heavy atom. The van der Waals surface area contributed by atoms with Crippen molar-refractivity contribution in [2.75, 3.05) is 19.6 Å². The second kappa shape index (κ2) is 5.91. The highest BCUT2D eigenvalue weighted by molar-refractivity contribution is 5.74. The number of amides is 2. The molecule has 3 heterocycles. The zero-order chi connectivity index (χ0) is 13.1. The van der Waals surface area contributed by atoms with Crippen LogP contribution in [0, 0.1) is 11.8 Å². The van der Waals surface area contributed by atoms with E-state index < -0.39 is 0 Å². The lowest BCUT2D eigenvalue weighted by molar-refractivity contribution is -0.945. The van der Waals surface area contributed by atoms with Crippen molar-refractivity contribution in [2.24, 2.45) is 11.8 Å². The summed E-state index contributed by atoms with van der Waals surface area (Å²) in [6.45, 7) is 9.75. The van der Waals surface area contributed by atoms with Crippen LogP contribution in [0.15, 0.2) is 0 Å². The van der Waals surface area contributed by atoms with Crippen molar-refractivity contribution in [3.05, 3.63) is 0 Å². The third-order valence-electron chi connectivity index (χ3n) is 4.65. The highest BCUT2D eigenvalue weighted by Crippen LogP contribution is 2.28. The summed E-state index contributed by atoms with van der Waals surface area (Å²) < 4.78 is 0. The van der Waals surface area contributed by atoms with Crippen LogP contribution in [-0.2, 0) is 0 Å². The smallest absolute Gasteiger partial charge is 0.315 e. The number of fused-ring (bicyclic) bond motifs is 3. The van der Waals surface area contributed by atoms with E-state index in [4.69, 9.17) is 0 Å². The maximum absolute atomic E-state index is 11.6. The summed E-state index contributed by atoms with van der Waals surface area (Å²) in [6, 6.07) is 0.841. The summed E-state index contributed by atoms with van der Waals surface area (Å²) in [6.07, 6.45) is 4.01. The summed E-state index contributed by atoms with van der Waals surface area (Å²) in [5.41, 5.74) is 0. The molecule has 0 radical (unpaired) electrons. The predicted molar refractivity (Wildman–Crippen MR) is 72.7 cm³/mol. The van der Waals surface area contributed by atoms with Crippen LogP contribution in [0.5, 0.6) is 0 Å². The molecule has 0 aliphatic carbocycles. The Bertz CT molecular complexity index is 293. The maximum atomic E-state index is 11.6. The fraction of sp³-hybridized carbons (Fsp3) is 0.929. The molecule has 104 valence electrons. The molecule has 0 spiro atoms. The van der Waals surface area contributed by atoms with Crippen LogP contribution in [0.4, 0.5) is 4.79 Å². The van der Waals surface area contributed by atoms with E-state index in [1.54, 1.807) is 4.90 Å². The summed E-state index contributed by atoms with van der Waals surface area (Å²) >= 11 is 0. The van der Waals surface area contributed by atoms with Gasteiger partial charge in [0.1, 0.15) is 6.04 Å². The largest absolute Gasteiger partial charge is 0.336 e. The van der Waals surface area contributed by atoms with Gasteiger partial charge in [-0.25, -0.2) is 4.79 Å². The molecule has 1 unspecified atom stereocenters. The monoisotopic (exact) mass is 254 g/mol. The first-order valence-corrected chi connectivity index (χ1v) is 7.49. The first kappa shape index (κ1) is 13.7. The molecule has 3 fully saturated rings. The van der Waals surface area contributed by atoms with Crippen molar-refractivity contribution in [3.8, 4) is 0 Å². The second-order valence-corrected chi connectivity index (χ2v) is 6.27. The SMILES string of the molecule is CC[C@H]1C[NH+]2CC[C@H]1C[C@@H]2CNC(=O)NC(C)C. The van der Waals surface area contributed by atoms with Gasteiger partial charge in [0.15, 0.2) is 0 Å². The molecule has 3 rings (SSSR count). The number of piperidine rings is 3. The Morgan fingerprint density at radius 2 is 2.22 bits per heavy atom. The molecule has 0 aromatic heterocycles. The van der Waals surface area contributed by atoms with Crippen LogP contribution >= 0.6 is 0 Å². The molecule has 18 heavy (non-hydrogen) atoms. The minimum atomic E-state index is -0.0147. The van der Waals surface area contributed by atoms with Gasteiger partial charge < -0.3 is 15.5 Å². The van der Waals surface area contributed by atoms with Crippen LogP contribution in [-0.4, -0.2) is 37.7 Å². The van der Waals surface area contributed by atoms with Crippen molar-refractivity contribution in [1.29, 1.82) is 0 Å². The number of carbonyl (C=O) groups excluding carboxylic acids is 1. The van der Waals surface area contributed by atoms with E-state index in [2.05, 4.69) is 17.6 Å². The van der Waals surface area contributed by atoms with Gasteiger partial charge in [-0.1, -0.05) is 6.92 Å². The molecule has 2 bridgehead atoms. The number of rotatable bonds is 4. The molecule has 3 saturated heterocycles. The lowest BCUT2D eigenvalue weighted by Gasteiger charge is -2.46. The number of hydrogen-bond acceptors (Lipinski definition) is 1. The van der Waals surface area contributed by atoms with Crippen LogP contribution in [0.25, 0.3) is 0 Å². The zero-order valence-electron chi connectivity index (χ0n) is 12.0. The molecular formula is C14H28N3O+. The molecule has 4 atom stereocenters. The molecular weight excluding hydrogens is 226 g/mol. The Morgan fingerprint density at radius 1 is 1.44 bits per heavy atom. The van der Waals surface area contributed by atoms with E-state index in [1.165, 1.54) is 32.4 Å². The number of nitrogens with one attached hydrogen (secondary N) is 3. The normalized spacial score (nSPS) is 34.7. The third-order valence-corrected chi connectivity index (χ3v) is 4.65. The Labute approximate surface area is 110 Å². The first-order chi connectivity index (χ1) is 8.60. The quantitative estimate of drug-likeness (QED) is 0.668. The highest BCUT2D eigenvalue weighted by Gasteiger charge is 2.42. The van der Waals surface area contributed by atoms with Crippen LogP contribution in [0.1, 0.15) is 40.0 Å². The molecule has 0 aromatic rings. The molecule has 4 heteroatoms. The molecule has 0 saturated carbocycles. The van der Waals surface area contributed by atoms with Crippen molar-refractivity contribution >= 4 is 6.03 Å². The van der Waals surface area contributed by atoms with E-state index in [9.17, 15) is 4.79 Å². The molecule has 4 nitrogen and oxygen atoms in total. The van der Waals surface area contributed by atoms with Crippen molar-refractivity contribution in [3.63, 3.8) is 0 Å². The van der Waals surface area contributed by atoms with Gasteiger partial charge in [-0.3, -0.25) is 0 Å². The number of carbonyl (C=O) groups is 1. The predicted octanol–water partition coefficient (Wildman–Crippen LogP) is 0.397. The summed E-state index contributed by atoms with van der Waals surface area (Å²) in [7, 11) is 0. The van der Waals surface area contributed by atoms with E-state index >= 15 is 0 Å². The van der Waals surface area contributed by atoms with Gasteiger partial charge in [-0.15, -0.1) is 0 Å². The summed E-state index contributed by atoms with van der Waals surface area (Å²) in [4.78, 5) is 13.3. The van der Waals surface area contributed by atoms with Gasteiger partial charge in [0.2, 0.25) is 0 Å². The van der Waals surface area contributed by atoms with Gasteiger partial charge >= 0.3 is 6.03 Å². The van der Waals surface area contributed by atoms with Gasteiger partial charge in [0.05, 0.1) is 19.6 Å². The molecule has 0 aromatic carbocycles. The fourth-order valence-corrected chi connectivity index (χ4v) is 3.66. The van der Waals surface area contributed by atoms with Gasteiger partial charge in [-0.2, -0.15) is 0 Å². The van der Waals surface area contributed by atoms with Crippen molar-refractivity contribution in [2.45, 2.75) is 52.1 Å². The van der Waals surface area contributed by atoms with Gasteiger partial charge in [-0.05, 0) is 26.2 Å². The highest BCUT2D eigenvalue weighted by atomic mass is 16.2. The number of hydrogen-bond donors (Lipinski definition) is 3. The fourth-order valence-electron chi connectivity index (χ4n) is 3.66. The van der Waals surface area contributed by atoms with E-state index in [1.807, 2.05) is 13.8 Å². The minimum absolute atomic E-state index is 0.0147. The summed E-state index contributed by atoms with van der Waals surface area (Å²) in [5, 5.41) is 5.92. The molecule has 3 aliphatic rings. The Balaban J connectivity index is 1.77. The van der Waals surface area contributed by atoms with E-state index in [0.29, 0.717) is 6.04 Å². The zero-order valence-corrected chi connectivity index (χ0v) is 12.0. The maximum Gasteiger partial charge on any atom is 0.315 e. The van der Waals surface area contributed by atoms with E-state index in [0.717, 1.165) is 18.4 Å². The van der Waals surface area contributed by atoms with Crippen molar-refractivity contribution in [1.82, 2.24) is 10.6 Å². The molecule has 2 amide bonds. The minimum Gasteiger partial charge on any atom is -0.336 e. The van der Waals surface area contributed by atoms with E-state index in [-0.39, 0.29) is 12.1 Å². The first-order valence-electron chi connectivity index (χ1n) is 7.49. The third kappa shape index (κ3) is 3.16. The Hall–Kier alpha value is -0.770. The van der Waals surface area contributed by atoms with Crippen LogP contribution < -0.4 is 15.5 Å². The number of urea groups is 1. The van der Waals surface area contributed by atoms with Gasteiger partial charge in [0.25, 0.3) is 0 Å². The lowest BCUT2D eigenvalue weighted by atomic mass is 9.74. The number of quaternary nitrogens is 1. The van der Waals surface area contributed by atoms with Crippen LogP contribution in [0.2, 0.25) is 0 Å². The average Bonchev–Trinajstić information content (AvgIpc) is 2.36. The Kier molecular flexibility index (Phi) is 4.49. The second-order valence-electron chi connectivity index (χ2n) is 6.27. The topological polar surface area (TPSA) is 45.6 Å². The molecule has 3 aliphatic heterocycles. The van der Waals surface area contributed by atoms with Gasteiger partial charge in [0, 0.05) is 24.8 Å². The van der Waals surface area contributed by atoms with Crippen molar-refractivity contribution < 1.29 is 9.69 Å². The standard InChI is InChI=1S/C14H27N3O/c1-4-11-9-17-6-5-12(11)7-13(17)8-15-14(18)16-10(2)3/h10-13H,4-9H2,1-3H3,(H2,15,16,18)/p+1/t11-,12-,13+/m0/s1. The average molecular weight is 254 g/mol. The lowest BCUT2D eigenvalue weighted by Crippen LogP contribution is -3.20. The summed E-state index contributed by atoms with van der Waals surface area (Å²) in [5.74, 6) is 1.84. The molecule has 3 N–H and O–H groups in total.